The summed E-state index contributed by atoms with van der Waals surface area (Å²) in [6.07, 6.45) is 5.90. The third-order valence-corrected chi connectivity index (χ3v) is 3.80. The number of fused-ring (bicyclic) bond motifs is 1. The van der Waals surface area contributed by atoms with Gasteiger partial charge in [-0.1, -0.05) is 17.8 Å². The van der Waals surface area contributed by atoms with E-state index in [2.05, 4.69) is 19.8 Å². The van der Waals surface area contributed by atoms with Crippen LogP contribution in [0, 0.1) is 0 Å². The van der Waals surface area contributed by atoms with Gasteiger partial charge in [-0.3, -0.25) is 4.68 Å². The normalized spacial score (nSPS) is 11.3. The van der Waals surface area contributed by atoms with Crippen LogP contribution in [0.4, 0.5) is 0 Å². The Morgan fingerprint density at radius 1 is 1.37 bits per heavy atom. The number of hydrogen-bond donors (Lipinski definition) is 1. The SMILES string of the molecule is CNCc1c(Sc2cnn(C)c2)nc2ccccn12. The molecule has 0 saturated carbocycles. The van der Waals surface area contributed by atoms with E-state index in [1.165, 1.54) is 5.69 Å². The van der Waals surface area contributed by atoms with Gasteiger partial charge in [-0.25, -0.2) is 4.98 Å². The zero-order valence-corrected chi connectivity index (χ0v) is 11.7. The molecule has 0 bridgehead atoms. The van der Waals surface area contributed by atoms with Crippen LogP contribution in [0.25, 0.3) is 5.65 Å². The molecule has 0 radical (unpaired) electrons. The van der Waals surface area contributed by atoms with Gasteiger partial charge in [0.25, 0.3) is 0 Å². The molecule has 98 valence electrons. The maximum absolute atomic E-state index is 4.68. The number of rotatable bonds is 4. The van der Waals surface area contributed by atoms with Crippen molar-refractivity contribution in [2.75, 3.05) is 7.05 Å². The molecule has 19 heavy (non-hydrogen) atoms. The van der Waals surface area contributed by atoms with Crippen LogP contribution >= 0.6 is 11.8 Å². The fraction of sp³-hybridized carbons (Fsp3) is 0.231. The van der Waals surface area contributed by atoms with Gasteiger partial charge in [0.05, 0.1) is 16.8 Å². The number of aryl methyl sites for hydroxylation is 1. The summed E-state index contributed by atoms with van der Waals surface area (Å²) < 4.78 is 3.92. The van der Waals surface area contributed by atoms with Gasteiger partial charge in [0.15, 0.2) is 0 Å². The number of nitrogens with one attached hydrogen (secondary N) is 1. The highest BCUT2D eigenvalue weighted by Crippen LogP contribution is 2.30. The lowest BCUT2D eigenvalue weighted by molar-refractivity contribution is 0.763. The molecule has 3 aromatic heterocycles. The summed E-state index contributed by atoms with van der Waals surface area (Å²) in [7, 11) is 3.86. The van der Waals surface area contributed by atoms with Crippen molar-refractivity contribution in [2.45, 2.75) is 16.5 Å². The number of nitrogens with zero attached hydrogens (tertiary/aromatic N) is 4. The Kier molecular flexibility index (Phi) is 3.27. The van der Waals surface area contributed by atoms with Gasteiger partial charge in [0.1, 0.15) is 10.7 Å². The van der Waals surface area contributed by atoms with Gasteiger partial charge in [-0.15, -0.1) is 0 Å². The van der Waals surface area contributed by atoms with Crippen molar-refractivity contribution >= 4 is 17.4 Å². The zero-order valence-electron chi connectivity index (χ0n) is 10.9. The Balaban J connectivity index is 2.04. The average molecular weight is 273 g/mol. The molecule has 3 rings (SSSR count). The predicted octanol–water partition coefficient (Wildman–Crippen LogP) is 1.94. The Morgan fingerprint density at radius 3 is 3.00 bits per heavy atom. The number of imidazole rings is 1. The highest BCUT2D eigenvalue weighted by atomic mass is 32.2. The first-order valence-corrected chi connectivity index (χ1v) is 6.86. The third kappa shape index (κ3) is 2.36. The van der Waals surface area contributed by atoms with Crippen molar-refractivity contribution in [1.29, 1.82) is 0 Å². The predicted molar refractivity (Wildman–Crippen MR) is 75.3 cm³/mol. The monoisotopic (exact) mass is 273 g/mol. The lowest BCUT2D eigenvalue weighted by Crippen LogP contribution is -2.08. The first kappa shape index (κ1) is 12.3. The number of aromatic nitrogens is 4. The molecule has 5 nitrogen and oxygen atoms in total. The molecule has 0 aliphatic carbocycles. The second kappa shape index (κ2) is 5.07. The van der Waals surface area contributed by atoms with Crippen molar-refractivity contribution in [2.24, 2.45) is 7.05 Å². The molecule has 3 aromatic rings. The van der Waals surface area contributed by atoms with Gasteiger partial charge in [0.2, 0.25) is 0 Å². The maximum Gasteiger partial charge on any atom is 0.138 e. The summed E-state index contributed by atoms with van der Waals surface area (Å²) >= 11 is 1.65. The summed E-state index contributed by atoms with van der Waals surface area (Å²) in [5.41, 5.74) is 2.14. The van der Waals surface area contributed by atoms with Gasteiger partial charge < -0.3 is 9.72 Å². The van der Waals surface area contributed by atoms with Crippen molar-refractivity contribution in [3.05, 3.63) is 42.5 Å². The molecule has 0 spiro atoms. The van der Waals surface area contributed by atoms with E-state index in [-0.39, 0.29) is 0 Å². The summed E-state index contributed by atoms with van der Waals surface area (Å²) in [4.78, 5) is 5.78. The highest BCUT2D eigenvalue weighted by molar-refractivity contribution is 7.99. The zero-order chi connectivity index (χ0) is 13.2. The summed E-state index contributed by atoms with van der Waals surface area (Å²) in [6, 6.07) is 6.04. The van der Waals surface area contributed by atoms with Gasteiger partial charge in [-0.2, -0.15) is 5.10 Å². The molecule has 0 aliphatic heterocycles. The van der Waals surface area contributed by atoms with E-state index in [0.29, 0.717) is 0 Å². The summed E-state index contributed by atoms with van der Waals surface area (Å²) in [5, 5.41) is 8.41. The molecule has 6 heteroatoms. The van der Waals surface area contributed by atoms with Crippen LogP contribution in [0.2, 0.25) is 0 Å². The van der Waals surface area contributed by atoms with E-state index >= 15 is 0 Å². The van der Waals surface area contributed by atoms with Crippen LogP contribution in [0.15, 0.2) is 46.7 Å². The van der Waals surface area contributed by atoms with Gasteiger partial charge in [-0.05, 0) is 19.2 Å². The fourth-order valence-electron chi connectivity index (χ4n) is 2.00. The van der Waals surface area contributed by atoms with E-state index in [1.807, 2.05) is 50.9 Å². The first-order chi connectivity index (χ1) is 9.28. The number of hydrogen-bond acceptors (Lipinski definition) is 4. The fourth-order valence-corrected chi connectivity index (χ4v) is 2.95. The second-order valence-electron chi connectivity index (χ2n) is 4.27. The van der Waals surface area contributed by atoms with Gasteiger partial charge >= 0.3 is 0 Å². The summed E-state index contributed by atoms with van der Waals surface area (Å²) in [6.45, 7) is 0.785. The van der Waals surface area contributed by atoms with E-state index in [9.17, 15) is 0 Å². The van der Waals surface area contributed by atoms with Gasteiger partial charge in [0, 0.05) is 26.0 Å². The minimum atomic E-state index is 0.785. The molecule has 0 atom stereocenters. The molecule has 0 aliphatic rings. The van der Waals surface area contributed by atoms with Crippen LogP contribution in [-0.4, -0.2) is 26.2 Å². The molecule has 0 aromatic carbocycles. The summed E-state index contributed by atoms with van der Waals surface area (Å²) in [5.74, 6) is 0. The van der Waals surface area contributed by atoms with E-state index in [1.54, 1.807) is 16.4 Å². The average Bonchev–Trinajstić information content (AvgIpc) is 2.96. The second-order valence-corrected chi connectivity index (χ2v) is 5.34. The lowest BCUT2D eigenvalue weighted by atomic mass is 10.4. The van der Waals surface area contributed by atoms with Crippen molar-refractivity contribution in [3.8, 4) is 0 Å². The van der Waals surface area contributed by atoms with E-state index in [0.717, 1.165) is 22.1 Å². The Hall–Kier alpha value is -1.79. The highest BCUT2D eigenvalue weighted by Gasteiger charge is 2.13. The van der Waals surface area contributed by atoms with Crippen LogP contribution in [-0.2, 0) is 13.6 Å². The minimum absolute atomic E-state index is 0.785. The standard InChI is InChI=1S/C13H15N5S/c1-14-8-11-13(19-10-7-15-17(2)9-10)16-12-5-3-4-6-18(11)12/h3-7,9,14H,8H2,1-2H3. The van der Waals surface area contributed by atoms with E-state index in [4.69, 9.17) is 0 Å². The maximum atomic E-state index is 4.68. The van der Waals surface area contributed by atoms with Crippen LogP contribution in [0.1, 0.15) is 5.69 Å². The van der Waals surface area contributed by atoms with E-state index < -0.39 is 0 Å². The molecule has 0 fully saturated rings. The molecule has 1 N–H and O–H groups in total. The molecular weight excluding hydrogens is 258 g/mol. The van der Waals surface area contributed by atoms with Crippen LogP contribution in [0.3, 0.4) is 0 Å². The Bertz CT molecular complexity index is 700. The van der Waals surface area contributed by atoms with Crippen molar-refractivity contribution < 1.29 is 0 Å². The first-order valence-electron chi connectivity index (χ1n) is 6.05. The molecule has 0 amide bonds. The van der Waals surface area contributed by atoms with Crippen LogP contribution < -0.4 is 5.32 Å². The molecule has 0 saturated heterocycles. The minimum Gasteiger partial charge on any atom is -0.314 e. The van der Waals surface area contributed by atoms with Crippen LogP contribution in [0.5, 0.6) is 0 Å². The Morgan fingerprint density at radius 2 is 2.26 bits per heavy atom. The largest absolute Gasteiger partial charge is 0.314 e. The molecular formula is C13H15N5S. The topological polar surface area (TPSA) is 47.2 Å². The molecule has 0 unspecified atom stereocenters. The smallest absolute Gasteiger partial charge is 0.138 e. The Labute approximate surface area is 115 Å². The van der Waals surface area contributed by atoms with Crippen molar-refractivity contribution in [3.63, 3.8) is 0 Å². The third-order valence-electron chi connectivity index (χ3n) is 2.83. The quantitative estimate of drug-likeness (QED) is 0.789. The van der Waals surface area contributed by atoms with Crippen molar-refractivity contribution in [1.82, 2.24) is 24.5 Å². The molecule has 3 heterocycles. The lowest BCUT2D eigenvalue weighted by Gasteiger charge is -2.02. The number of pyridine rings is 1.